The largest absolute Gasteiger partial charge is 0.313 e. The second-order valence-electron chi connectivity index (χ2n) is 4.11. The Bertz CT molecular complexity index is 375. The standard InChI is InChI=1S/C15H21N/c1-5-6-7-11-14(16-4)15-12(2)9-8-10-13(15)3/h8-10,14,16H,7,11H2,1-4H3. The molecule has 1 N–H and O–H groups in total. The van der Waals surface area contributed by atoms with Crippen molar-refractivity contribution in [3.8, 4) is 11.8 Å². The average Bonchev–Trinajstić information content (AvgIpc) is 2.26. The maximum absolute atomic E-state index is 3.39. The van der Waals surface area contributed by atoms with Crippen molar-refractivity contribution in [1.29, 1.82) is 0 Å². The molecule has 0 bridgehead atoms. The highest BCUT2D eigenvalue weighted by molar-refractivity contribution is 5.36. The van der Waals surface area contributed by atoms with Crippen molar-refractivity contribution in [3.05, 3.63) is 34.9 Å². The minimum Gasteiger partial charge on any atom is -0.313 e. The summed E-state index contributed by atoms with van der Waals surface area (Å²) in [6.07, 6.45) is 2.03. The van der Waals surface area contributed by atoms with Crippen LogP contribution in [0.1, 0.15) is 42.5 Å². The molecule has 0 spiro atoms. The fourth-order valence-electron chi connectivity index (χ4n) is 2.15. The highest BCUT2D eigenvalue weighted by Gasteiger charge is 2.12. The zero-order valence-corrected chi connectivity index (χ0v) is 10.7. The first-order chi connectivity index (χ1) is 7.70. The third-order valence-corrected chi connectivity index (χ3v) is 2.97. The van der Waals surface area contributed by atoms with Gasteiger partial charge >= 0.3 is 0 Å². The molecule has 0 amide bonds. The zero-order valence-electron chi connectivity index (χ0n) is 10.7. The van der Waals surface area contributed by atoms with Gasteiger partial charge in [-0.3, -0.25) is 0 Å². The van der Waals surface area contributed by atoms with Crippen LogP contribution in [0.4, 0.5) is 0 Å². The van der Waals surface area contributed by atoms with Crippen LogP contribution in [0.25, 0.3) is 0 Å². The van der Waals surface area contributed by atoms with Gasteiger partial charge in [-0.2, -0.15) is 0 Å². The minimum atomic E-state index is 0.419. The second-order valence-corrected chi connectivity index (χ2v) is 4.11. The number of hydrogen-bond donors (Lipinski definition) is 1. The fourth-order valence-corrected chi connectivity index (χ4v) is 2.15. The maximum atomic E-state index is 3.39. The van der Waals surface area contributed by atoms with Crippen molar-refractivity contribution in [2.75, 3.05) is 7.05 Å². The summed E-state index contributed by atoms with van der Waals surface area (Å²) in [4.78, 5) is 0. The van der Waals surface area contributed by atoms with E-state index in [0.29, 0.717) is 6.04 Å². The van der Waals surface area contributed by atoms with Crippen molar-refractivity contribution < 1.29 is 0 Å². The molecule has 1 aromatic rings. The second kappa shape index (κ2) is 6.35. The van der Waals surface area contributed by atoms with Gasteiger partial charge < -0.3 is 5.32 Å². The molecule has 16 heavy (non-hydrogen) atoms. The molecule has 0 aliphatic heterocycles. The molecule has 1 unspecified atom stereocenters. The van der Waals surface area contributed by atoms with Gasteiger partial charge in [-0.05, 0) is 50.9 Å². The van der Waals surface area contributed by atoms with Gasteiger partial charge in [0.25, 0.3) is 0 Å². The lowest BCUT2D eigenvalue weighted by atomic mass is 9.93. The Labute approximate surface area is 99.3 Å². The third kappa shape index (κ3) is 3.12. The number of nitrogens with one attached hydrogen (secondary N) is 1. The van der Waals surface area contributed by atoms with Gasteiger partial charge in [-0.15, -0.1) is 11.8 Å². The average molecular weight is 215 g/mol. The van der Waals surface area contributed by atoms with Crippen LogP contribution in [-0.2, 0) is 0 Å². The van der Waals surface area contributed by atoms with Crippen molar-refractivity contribution in [2.24, 2.45) is 0 Å². The molecule has 0 aromatic heterocycles. The van der Waals surface area contributed by atoms with Crippen molar-refractivity contribution >= 4 is 0 Å². The number of aryl methyl sites for hydroxylation is 2. The predicted octanol–water partition coefficient (Wildman–Crippen LogP) is 3.37. The van der Waals surface area contributed by atoms with Gasteiger partial charge in [0.1, 0.15) is 0 Å². The highest BCUT2D eigenvalue weighted by atomic mass is 14.9. The molecule has 1 nitrogen and oxygen atoms in total. The van der Waals surface area contributed by atoms with Crippen molar-refractivity contribution in [3.63, 3.8) is 0 Å². The molecular formula is C15H21N. The van der Waals surface area contributed by atoms with Gasteiger partial charge in [0, 0.05) is 12.5 Å². The van der Waals surface area contributed by atoms with Crippen LogP contribution >= 0.6 is 0 Å². The summed E-state index contributed by atoms with van der Waals surface area (Å²) >= 11 is 0. The van der Waals surface area contributed by atoms with Gasteiger partial charge in [-0.25, -0.2) is 0 Å². The Morgan fingerprint density at radius 2 is 1.88 bits per heavy atom. The number of benzene rings is 1. The van der Waals surface area contributed by atoms with E-state index >= 15 is 0 Å². The third-order valence-electron chi connectivity index (χ3n) is 2.97. The Morgan fingerprint density at radius 1 is 1.25 bits per heavy atom. The normalized spacial score (nSPS) is 11.8. The van der Waals surface area contributed by atoms with Crippen LogP contribution in [-0.4, -0.2) is 7.05 Å². The van der Waals surface area contributed by atoms with E-state index in [1.165, 1.54) is 16.7 Å². The van der Waals surface area contributed by atoms with E-state index in [2.05, 4.69) is 49.2 Å². The molecule has 86 valence electrons. The fraction of sp³-hybridized carbons (Fsp3) is 0.467. The first kappa shape index (κ1) is 12.8. The molecule has 1 heteroatoms. The number of hydrogen-bond acceptors (Lipinski definition) is 1. The van der Waals surface area contributed by atoms with Gasteiger partial charge in [0.2, 0.25) is 0 Å². The van der Waals surface area contributed by atoms with E-state index in [9.17, 15) is 0 Å². The summed E-state index contributed by atoms with van der Waals surface area (Å²) < 4.78 is 0. The summed E-state index contributed by atoms with van der Waals surface area (Å²) in [6.45, 7) is 6.25. The summed E-state index contributed by atoms with van der Waals surface area (Å²) in [7, 11) is 2.02. The molecule has 0 aliphatic rings. The lowest BCUT2D eigenvalue weighted by Crippen LogP contribution is -2.18. The monoisotopic (exact) mass is 215 g/mol. The van der Waals surface area contributed by atoms with Gasteiger partial charge in [-0.1, -0.05) is 18.2 Å². The molecule has 0 radical (unpaired) electrons. The molecular weight excluding hydrogens is 194 g/mol. The molecule has 0 saturated carbocycles. The molecule has 0 heterocycles. The minimum absolute atomic E-state index is 0.419. The van der Waals surface area contributed by atoms with Crippen molar-refractivity contribution in [2.45, 2.75) is 39.7 Å². The predicted molar refractivity (Wildman–Crippen MR) is 70.4 cm³/mol. The van der Waals surface area contributed by atoms with Crippen LogP contribution in [0.2, 0.25) is 0 Å². The summed E-state index contributed by atoms with van der Waals surface area (Å²) in [5.74, 6) is 6.08. The lowest BCUT2D eigenvalue weighted by Gasteiger charge is -2.20. The molecule has 1 atom stereocenters. The van der Waals surface area contributed by atoms with Crippen molar-refractivity contribution in [1.82, 2.24) is 5.32 Å². The lowest BCUT2D eigenvalue weighted by molar-refractivity contribution is 0.553. The Morgan fingerprint density at radius 3 is 2.38 bits per heavy atom. The molecule has 0 fully saturated rings. The van der Waals surface area contributed by atoms with E-state index in [4.69, 9.17) is 0 Å². The zero-order chi connectivity index (χ0) is 12.0. The SMILES string of the molecule is CC#CCCC(NC)c1c(C)cccc1C. The van der Waals surface area contributed by atoms with E-state index in [-0.39, 0.29) is 0 Å². The summed E-state index contributed by atoms with van der Waals surface area (Å²) in [5.41, 5.74) is 4.16. The summed E-state index contributed by atoms with van der Waals surface area (Å²) in [6, 6.07) is 6.89. The maximum Gasteiger partial charge on any atom is 0.0331 e. The van der Waals surface area contributed by atoms with Crippen LogP contribution in [0.5, 0.6) is 0 Å². The number of rotatable bonds is 4. The quantitative estimate of drug-likeness (QED) is 0.759. The Kier molecular flexibility index (Phi) is 5.08. The van der Waals surface area contributed by atoms with Crippen LogP contribution < -0.4 is 5.32 Å². The van der Waals surface area contributed by atoms with E-state index in [0.717, 1.165) is 12.8 Å². The Hall–Kier alpha value is -1.26. The molecule has 1 aromatic carbocycles. The topological polar surface area (TPSA) is 12.0 Å². The smallest absolute Gasteiger partial charge is 0.0331 e. The van der Waals surface area contributed by atoms with Crippen LogP contribution in [0, 0.1) is 25.7 Å². The van der Waals surface area contributed by atoms with Crippen LogP contribution in [0.15, 0.2) is 18.2 Å². The van der Waals surface area contributed by atoms with E-state index in [1.54, 1.807) is 0 Å². The first-order valence-corrected chi connectivity index (χ1v) is 5.83. The van der Waals surface area contributed by atoms with Gasteiger partial charge in [0.15, 0.2) is 0 Å². The van der Waals surface area contributed by atoms with E-state index < -0.39 is 0 Å². The Balaban J connectivity index is 2.88. The molecule has 0 saturated heterocycles. The van der Waals surface area contributed by atoms with Gasteiger partial charge in [0.05, 0.1) is 0 Å². The van der Waals surface area contributed by atoms with Crippen LogP contribution in [0.3, 0.4) is 0 Å². The summed E-state index contributed by atoms with van der Waals surface area (Å²) in [5, 5.41) is 3.39. The first-order valence-electron chi connectivity index (χ1n) is 5.83. The highest BCUT2D eigenvalue weighted by Crippen LogP contribution is 2.24. The molecule has 1 rings (SSSR count). The molecule has 0 aliphatic carbocycles. The van der Waals surface area contributed by atoms with E-state index in [1.807, 2.05) is 14.0 Å².